The Morgan fingerprint density at radius 2 is 2.08 bits per heavy atom. The first-order chi connectivity index (χ1) is 12.2. The fraction of sp³-hybridized carbons (Fsp3) is 0.111. The summed E-state index contributed by atoms with van der Waals surface area (Å²) in [5, 5.41) is 12.6. The highest BCUT2D eigenvalue weighted by Crippen LogP contribution is 2.28. The number of amides is 1. The van der Waals surface area contributed by atoms with Crippen LogP contribution in [0.4, 0.5) is 5.82 Å². The molecule has 0 aliphatic carbocycles. The molecule has 0 radical (unpaired) electrons. The number of anilines is 1. The number of hydrogen-bond acceptors (Lipinski definition) is 4. The van der Waals surface area contributed by atoms with Crippen LogP contribution in [0.1, 0.15) is 17.5 Å². The second kappa shape index (κ2) is 7.60. The SMILES string of the molecule is N#Cc1c(-c2ccncc2)c[nH]c1NC(=O)CCc1ccc(Cl)nc1. The largest absolute Gasteiger partial charge is 0.346 e. The zero-order valence-corrected chi connectivity index (χ0v) is 13.9. The fourth-order valence-electron chi connectivity index (χ4n) is 2.41. The van der Waals surface area contributed by atoms with E-state index < -0.39 is 0 Å². The van der Waals surface area contributed by atoms with Gasteiger partial charge in [-0.05, 0) is 35.7 Å². The van der Waals surface area contributed by atoms with E-state index in [-0.39, 0.29) is 12.3 Å². The molecule has 2 N–H and O–H groups in total. The van der Waals surface area contributed by atoms with Crippen molar-refractivity contribution in [3.8, 4) is 17.2 Å². The first-order valence-electron chi connectivity index (χ1n) is 7.59. The molecule has 0 atom stereocenters. The Bertz CT molecular complexity index is 913. The van der Waals surface area contributed by atoms with E-state index in [0.717, 1.165) is 16.7 Å². The molecule has 3 aromatic heterocycles. The van der Waals surface area contributed by atoms with Crippen LogP contribution in [0.5, 0.6) is 0 Å². The number of nitrogens with one attached hydrogen (secondary N) is 2. The van der Waals surface area contributed by atoms with Gasteiger partial charge in [0.15, 0.2) is 0 Å². The number of halogens is 1. The van der Waals surface area contributed by atoms with Crippen molar-refractivity contribution in [1.82, 2.24) is 15.0 Å². The summed E-state index contributed by atoms with van der Waals surface area (Å²) in [5.41, 5.74) is 2.90. The topological polar surface area (TPSA) is 94.5 Å². The highest BCUT2D eigenvalue weighted by atomic mass is 35.5. The summed E-state index contributed by atoms with van der Waals surface area (Å²) in [4.78, 5) is 23.1. The molecular weight excluding hydrogens is 338 g/mol. The zero-order chi connectivity index (χ0) is 17.6. The van der Waals surface area contributed by atoms with Crippen LogP contribution in [0.25, 0.3) is 11.1 Å². The van der Waals surface area contributed by atoms with Crippen molar-refractivity contribution >= 4 is 23.3 Å². The van der Waals surface area contributed by atoms with E-state index in [2.05, 4.69) is 26.3 Å². The Kier molecular flexibility index (Phi) is 5.07. The van der Waals surface area contributed by atoms with E-state index in [1.807, 2.05) is 18.2 Å². The summed E-state index contributed by atoms with van der Waals surface area (Å²) in [6.07, 6.45) is 7.47. The Morgan fingerprint density at radius 1 is 1.28 bits per heavy atom. The Hall–Kier alpha value is -3.17. The van der Waals surface area contributed by atoms with Crippen molar-refractivity contribution in [2.45, 2.75) is 12.8 Å². The number of H-pyrrole nitrogens is 1. The average molecular weight is 352 g/mol. The van der Waals surface area contributed by atoms with Crippen LogP contribution in [0.2, 0.25) is 5.15 Å². The quantitative estimate of drug-likeness (QED) is 0.687. The molecular formula is C18H14ClN5O. The van der Waals surface area contributed by atoms with Crippen molar-refractivity contribution in [3.63, 3.8) is 0 Å². The standard InChI is InChI=1S/C18H14ClN5O/c19-16-3-1-12(10-22-16)2-4-17(25)24-18-14(9-20)15(11-23-18)13-5-7-21-8-6-13/h1,3,5-8,10-11,23H,2,4H2,(H,24,25). The van der Waals surface area contributed by atoms with E-state index in [0.29, 0.717) is 23.0 Å². The molecule has 0 bridgehead atoms. The van der Waals surface area contributed by atoms with Gasteiger partial charge in [0.05, 0.1) is 0 Å². The van der Waals surface area contributed by atoms with Crippen LogP contribution in [0.3, 0.4) is 0 Å². The molecule has 124 valence electrons. The molecule has 7 heteroatoms. The van der Waals surface area contributed by atoms with Crippen LogP contribution in [-0.4, -0.2) is 20.9 Å². The number of rotatable bonds is 5. The van der Waals surface area contributed by atoms with Gasteiger partial charge in [-0.25, -0.2) is 4.98 Å². The summed E-state index contributed by atoms with van der Waals surface area (Å²) >= 11 is 5.74. The van der Waals surface area contributed by atoms with Gasteiger partial charge in [0.25, 0.3) is 0 Å². The van der Waals surface area contributed by atoms with Crippen molar-refractivity contribution in [3.05, 3.63) is 65.3 Å². The van der Waals surface area contributed by atoms with Crippen LogP contribution >= 0.6 is 11.6 Å². The minimum atomic E-state index is -0.186. The number of aromatic nitrogens is 3. The number of nitriles is 1. The van der Waals surface area contributed by atoms with Gasteiger partial charge in [-0.1, -0.05) is 17.7 Å². The van der Waals surface area contributed by atoms with Crippen LogP contribution in [0, 0.1) is 11.3 Å². The molecule has 1 amide bonds. The van der Waals surface area contributed by atoms with Crippen molar-refractivity contribution < 1.29 is 4.79 Å². The molecule has 0 saturated carbocycles. The molecule has 25 heavy (non-hydrogen) atoms. The van der Waals surface area contributed by atoms with Crippen LogP contribution in [-0.2, 0) is 11.2 Å². The lowest BCUT2D eigenvalue weighted by Gasteiger charge is -2.05. The number of carbonyl (C=O) groups is 1. The first-order valence-corrected chi connectivity index (χ1v) is 7.97. The number of carbonyl (C=O) groups excluding carboxylic acids is 1. The molecule has 3 heterocycles. The minimum Gasteiger partial charge on any atom is -0.346 e. The highest BCUT2D eigenvalue weighted by Gasteiger charge is 2.14. The summed E-state index contributed by atoms with van der Waals surface area (Å²) < 4.78 is 0. The number of aromatic amines is 1. The number of nitrogens with zero attached hydrogens (tertiary/aromatic N) is 3. The monoisotopic (exact) mass is 351 g/mol. The van der Waals surface area contributed by atoms with E-state index in [1.54, 1.807) is 30.9 Å². The summed E-state index contributed by atoms with van der Waals surface area (Å²) in [6, 6.07) is 9.28. The molecule has 0 aliphatic heterocycles. The van der Waals surface area contributed by atoms with E-state index in [4.69, 9.17) is 11.6 Å². The lowest BCUT2D eigenvalue weighted by atomic mass is 10.1. The summed E-state index contributed by atoms with van der Waals surface area (Å²) in [7, 11) is 0. The zero-order valence-electron chi connectivity index (χ0n) is 13.2. The second-order valence-electron chi connectivity index (χ2n) is 5.34. The average Bonchev–Trinajstić information content (AvgIpc) is 3.04. The summed E-state index contributed by atoms with van der Waals surface area (Å²) in [5.74, 6) is 0.211. The van der Waals surface area contributed by atoms with Gasteiger partial charge in [0, 0.05) is 36.8 Å². The highest BCUT2D eigenvalue weighted by molar-refractivity contribution is 6.29. The summed E-state index contributed by atoms with van der Waals surface area (Å²) in [6.45, 7) is 0. The molecule has 0 aliphatic rings. The number of aryl methyl sites for hydroxylation is 1. The molecule has 0 saturated heterocycles. The maximum atomic E-state index is 12.2. The van der Waals surface area contributed by atoms with Gasteiger partial charge >= 0.3 is 0 Å². The van der Waals surface area contributed by atoms with E-state index >= 15 is 0 Å². The van der Waals surface area contributed by atoms with Crippen molar-refractivity contribution in [2.24, 2.45) is 0 Å². The fourth-order valence-corrected chi connectivity index (χ4v) is 2.52. The molecule has 0 aromatic carbocycles. The molecule has 0 fully saturated rings. The van der Waals surface area contributed by atoms with Gasteiger partial charge < -0.3 is 10.3 Å². The molecule has 3 aromatic rings. The van der Waals surface area contributed by atoms with E-state index in [1.165, 1.54) is 0 Å². The first kappa shape index (κ1) is 16.7. The van der Waals surface area contributed by atoms with Crippen LogP contribution in [0.15, 0.2) is 49.1 Å². The van der Waals surface area contributed by atoms with Gasteiger partial charge in [0.1, 0.15) is 22.6 Å². The van der Waals surface area contributed by atoms with Crippen molar-refractivity contribution in [2.75, 3.05) is 5.32 Å². The minimum absolute atomic E-state index is 0.186. The molecule has 0 unspecified atom stereocenters. The number of pyridine rings is 2. The third-order valence-corrected chi connectivity index (χ3v) is 3.90. The van der Waals surface area contributed by atoms with Gasteiger partial charge in [-0.15, -0.1) is 0 Å². The van der Waals surface area contributed by atoms with Gasteiger partial charge in [0.2, 0.25) is 5.91 Å². The second-order valence-corrected chi connectivity index (χ2v) is 5.72. The normalized spacial score (nSPS) is 10.2. The Balaban J connectivity index is 1.68. The third-order valence-electron chi connectivity index (χ3n) is 3.68. The van der Waals surface area contributed by atoms with Crippen molar-refractivity contribution in [1.29, 1.82) is 5.26 Å². The predicted molar refractivity (Wildman–Crippen MR) is 94.9 cm³/mol. The lowest BCUT2D eigenvalue weighted by Crippen LogP contribution is -2.13. The number of hydrogen-bond donors (Lipinski definition) is 2. The Labute approximate surface area is 149 Å². The smallest absolute Gasteiger partial charge is 0.225 e. The van der Waals surface area contributed by atoms with Gasteiger partial charge in [-0.2, -0.15) is 5.26 Å². The molecule has 6 nitrogen and oxygen atoms in total. The van der Waals surface area contributed by atoms with Crippen LogP contribution < -0.4 is 5.32 Å². The Morgan fingerprint density at radius 3 is 2.76 bits per heavy atom. The van der Waals surface area contributed by atoms with E-state index in [9.17, 15) is 10.1 Å². The molecule has 3 rings (SSSR count). The maximum Gasteiger partial charge on any atom is 0.225 e. The maximum absolute atomic E-state index is 12.2. The van der Waals surface area contributed by atoms with Gasteiger partial charge in [-0.3, -0.25) is 9.78 Å². The third kappa shape index (κ3) is 4.03. The lowest BCUT2D eigenvalue weighted by molar-refractivity contribution is -0.116. The predicted octanol–water partition coefficient (Wildman–Crippen LogP) is 3.57. The molecule has 0 spiro atoms.